The third-order valence-corrected chi connectivity index (χ3v) is 3.78. The average Bonchev–Trinajstić information content (AvgIpc) is 2.45. The van der Waals surface area contributed by atoms with Crippen LogP contribution < -0.4 is 5.73 Å². The first-order valence-electron chi connectivity index (χ1n) is 6.90. The van der Waals surface area contributed by atoms with Crippen LogP contribution >= 0.6 is 0 Å². The van der Waals surface area contributed by atoms with Gasteiger partial charge >= 0.3 is 0 Å². The normalized spacial score (nSPS) is 22.4. The standard InChI is InChI=1S/C15H21FN2O2/c1-10(11(2)17)15(19)18-6-7-20-14(9-18)12-4-3-5-13(16)8-12/h3-5,8,10-11,14H,6-7,9,17H2,1-2H3. The van der Waals surface area contributed by atoms with Gasteiger partial charge in [-0.05, 0) is 24.6 Å². The molecule has 0 bridgehead atoms. The van der Waals surface area contributed by atoms with E-state index in [-0.39, 0.29) is 29.8 Å². The van der Waals surface area contributed by atoms with Crippen molar-refractivity contribution in [3.63, 3.8) is 0 Å². The first kappa shape index (κ1) is 14.9. The lowest BCUT2D eigenvalue weighted by atomic mass is 10.0. The minimum absolute atomic E-state index is 0.0321. The number of nitrogens with two attached hydrogens (primary N) is 1. The molecule has 5 heteroatoms. The molecule has 0 aromatic heterocycles. The van der Waals surface area contributed by atoms with Crippen molar-refractivity contribution >= 4 is 5.91 Å². The van der Waals surface area contributed by atoms with E-state index in [1.807, 2.05) is 19.9 Å². The zero-order chi connectivity index (χ0) is 14.7. The Hall–Kier alpha value is -1.46. The lowest BCUT2D eigenvalue weighted by Crippen LogP contribution is -2.47. The van der Waals surface area contributed by atoms with Gasteiger partial charge < -0.3 is 15.4 Å². The molecule has 1 aromatic rings. The third kappa shape index (κ3) is 3.35. The highest BCUT2D eigenvalue weighted by atomic mass is 19.1. The van der Waals surface area contributed by atoms with E-state index in [2.05, 4.69) is 0 Å². The largest absolute Gasteiger partial charge is 0.370 e. The summed E-state index contributed by atoms with van der Waals surface area (Å²) < 4.78 is 18.9. The van der Waals surface area contributed by atoms with E-state index in [0.717, 1.165) is 5.56 Å². The monoisotopic (exact) mass is 280 g/mol. The predicted molar refractivity (Wildman–Crippen MR) is 74.5 cm³/mol. The van der Waals surface area contributed by atoms with E-state index in [1.54, 1.807) is 11.0 Å². The molecule has 110 valence electrons. The van der Waals surface area contributed by atoms with Crippen molar-refractivity contribution in [1.29, 1.82) is 0 Å². The summed E-state index contributed by atoms with van der Waals surface area (Å²) in [6, 6.07) is 6.13. The van der Waals surface area contributed by atoms with Crippen molar-refractivity contribution in [2.45, 2.75) is 26.0 Å². The van der Waals surface area contributed by atoms with Crippen LogP contribution in [0.2, 0.25) is 0 Å². The molecule has 0 aliphatic carbocycles. The summed E-state index contributed by atoms with van der Waals surface area (Å²) in [6.07, 6.45) is -0.274. The maximum atomic E-state index is 13.3. The second-order valence-electron chi connectivity index (χ2n) is 5.35. The number of morpholine rings is 1. The second kappa shape index (κ2) is 6.33. The van der Waals surface area contributed by atoms with Crippen LogP contribution in [0.4, 0.5) is 4.39 Å². The number of hydrogen-bond donors (Lipinski definition) is 1. The lowest BCUT2D eigenvalue weighted by Gasteiger charge is -2.35. The van der Waals surface area contributed by atoms with Crippen LogP contribution in [0.1, 0.15) is 25.5 Å². The second-order valence-corrected chi connectivity index (χ2v) is 5.35. The Morgan fingerprint density at radius 1 is 1.50 bits per heavy atom. The number of carbonyl (C=O) groups excluding carboxylic acids is 1. The van der Waals surface area contributed by atoms with Gasteiger partial charge in [-0.25, -0.2) is 4.39 Å². The smallest absolute Gasteiger partial charge is 0.227 e. The summed E-state index contributed by atoms with van der Waals surface area (Å²) >= 11 is 0. The van der Waals surface area contributed by atoms with Gasteiger partial charge in [0.25, 0.3) is 0 Å². The molecule has 0 saturated carbocycles. The van der Waals surface area contributed by atoms with Gasteiger partial charge in [0.05, 0.1) is 19.1 Å². The minimum Gasteiger partial charge on any atom is -0.370 e. The summed E-state index contributed by atoms with van der Waals surface area (Å²) in [4.78, 5) is 14.1. The predicted octanol–water partition coefficient (Wildman–Crippen LogP) is 1.71. The molecule has 3 atom stereocenters. The van der Waals surface area contributed by atoms with Crippen LogP contribution in [0.25, 0.3) is 0 Å². The molecule has 1 aliphatic rings. The number of halogens is 1. The van der Waals surface area contributed by atoms with E-state index in [1.165, 1.54) is 12.1 Å². The number of hydrogen-bond acceptors (Lipinski definition) is 3. The highest BCUT2D eigenvalue weighted by Gasteiger charge is 2.29. The number of rotatable bonds is 3. The molecule has 0 radical (unpaired) electrons. The summed E-state index contributed by atoms with van der Waals surface area (Å²) in [6.45, 7) is 5.12. The molecule has 3 unspecified atom stereocenters. The molecule has 1 amide bonds. The quantitative estimate of drug-likeness (QED) is 0.917. The van der Waals surface area contributed by atoms with Crippen molar-refractivity contribution in [1.82, 2.24) is 4.90 Å². The molecule has 1 heterocycles. The van der Waals surface area contributed by atoms with Crippen LogP contribution in [0.5, 0.6) is 0 Å². The fourth-order valence-electron chi connectivity index (χ4n) is 2.27. The van der Waals surface area contributed by atoms with E-state index in [0.29, 0.717) is 19.7 Å². The van der Waals surface area contributed by atoms with Gasteiger partial charge in [0.2, 0.25) is 5.91 Å². The first-order chi connectivity index (χ1) is 9.49. The summed E-state index contributed by atoms with van der Waals surface area (Å²) in [5.41, 5.74) is 6.54. The third-order valence-electron chi connectivity index (χ3n) is 3.78. The van der Waals surface area contributed by atoms with Crippen molar-refractivity contribution < 1.29 is 13.9 Å². The molecule has 2 rings (SSSR count). The average molecular weight is 280 g/mol. The molecule has 1 aliphatic heterocycles. The van der Waals surface area contributed by atoms with Crippen molar-refractivity contribution in [2.75, 3.05) is 19.7 Å². The van der Waals surface area contributed by atoms with Gasteiger partial charge in [-0.15, -0.1) is 0 Å². The molecule has 1 saturated heterocycles. The zero-order valence-corrected chi connectivity index (χ0v) is 11.9. The summed E-state index contributed by atoms with van der Waals surface area (Å²) in [5, 5.41) is 0. The SMILES string of the molecule is CC(N)C(C)C(=O)N1CCOC(c2cccc(F)c2)C1. The van der Waals surface area contributed by atoms with Crippen molar-refractivity contribution in [3.05, 3.63) is 35.6 Å². The fourth-order valence-corrected chi connectivity index (χ4v) is 2.27. The van der Waals surface area contributed by atoms with Gasteiger partial charge in [0.15, 0.2) is 0 Å². The van der Waals surface area contributed by atoms with Gasteiger partial charge in [-0.1, -0.05) is 19.1 Å². The van der Waals surface area contributed by atoms with Gasteiger partial charge in [-0.3, -0.25) is 4.79 Å². The molecular weight excluding hydrogens is 259 g/mol. The van der Waals surface area contributed by atoms with Crippen LogP contribution in [0.3, 0.4) is 0 Å². The maximum absolute atomic E-state index is 13.3. The minimum atomic E-state index is -0.293. The number of nitrogens with zero attached hydrogens (tertiary/aromatic N) is 1. The lowest BCUT2D eigenvalue weighted by molar-refractivity contribution is -0.143. The molecule has 1 fully saturated rings. The van der Waals surface area contributed by atoms with E-state index in [4.69, 9.17) is 10.5 Å². The van der Waals surface area contributed by atoms with E-state index < -0.39 is 0 Å². The molecule has 4 nitrogen and oxygen atoms in total. The van der Waals surface area contributed by atoms with Gasteiger partial charge in [-0.2, -0.15) is 0 Å². The maximum Gasteiger partial charge on any atom is 0.227 e. The molecule has 20 heavy (non-hydrogen) atoms. The number of benzene rings is 1. The number of amides is 1. The fraction of sp³-hybridized carbons (Fsp3) is 0.533. The van der Waals surface area contributed by atoms with Gasteiger partial charge in [0, 0.05) is 12.6 Å². The van der Waals surface area contributed by atoms with Crippen LogP contribution in [0, 0.1) is 11.7 Å². The molecular formula is C15H21FN2O2. The van der Waals surface area contributed by atoms with Crippen LogP contribution in [-0.4, -0.2) is 36.5 Å². The Kier molecular flexibility index (Phi) is 4.73. The van der Waals surface area contributed by atoms with Gasteiger partial charge in [0.1, 0.15) is 11.9 Å². The Bertz CT molecular complexity index is 479. The molecule has 0 spiro atoms. The summed E-state index contributed by atoms with van der Waals surface area (Å²) in [5.74, 6) is -0.482. The zero-order valence-electron chi connectivity index (χ0n) is 11.9. The Labute approximate surface area is 118 Å². The Morgan fingerprint density at radius 3 is 2.90 bits per heavy atom. The van der Waals surface area contributed by atoms with E-state index in [9.17, 15) is 9.18 Å². The number of ether oxygens (including phenoxy) is 1. The topological polar surface area (TPSA) is 55.6 Å². The van der Waals surface area contributed by atoms with E-state index >= 15 is 0 Å². The Balaban J connectivity index is 2.07. The van der Waals surface area contributed by atoms with Crippen molar-refractivity contribution in [2.24, 2.45) is 11.7 Å². The first-order valence-corrected chi connectivity index (χ1v) is 6.90. The highest BCUT2D eigenvalue weighted by Crippen LogP contribution is 2.24. The van der Waals surface area contributed by atoms with Crippen LogP contribution in [0.15, 0.2) is 24.3 Å². The summed E-state index contributed by atoms with van der Waals surface area (Å²) in [7, 11) is 0. The van der Waals surface area contributed by atoms with Crippen LogP contribution in [-0.2, 0) is 9.53 Å². The highest BCUT2D eigenvalue weighted by molar-refractivity contribution is 5.79. The van der Waals surface area contributed by atoms with Crippen molar-refractivity contribution in [3.8, 4) is 0 Å². The molecule has 1 aromatic carbocycles. The Morgan fingerprint density at radius 2 is 2.25 bits per heavy atom. The molecule has 2 N–H and O–H groups in total. The number of carbonyl (C=O) groups is 1.